The van der Waals surface area contributed by atoms with Crippen LogP contribution in [0.5, 0.6) is 5.75 Å². The molecule has 1 fully saturated rings. The standard InChI is InChI=1S/C24H26F5N5O2S/c1-36-15-5-6-16(17(11-15)30-13-24(27,28)29)22(35)33-23(37)9-7-14(8-10-23)31-19-3-2-4-20-32-18(21(25)26)12-34(19)20/h2-6,11-12,14,21,30-31,37H,7-10,13H2,1H3,(H,33,35). The first-order valence-electron chi connectivity index (χ1n) is 11.5. The van der Waals surface area contributed by atoms with Gasteiger partial charge in [0.25, 0.3) is 12.3 Å². The minimum Gasteiger partial charge on any atom is -0.497 e. The molecule has 0 unspecified atom stereocenters. The van der Waals surface area contributed by atoms with E-state index in [1.165, 1.54) is 31.5 Å². The smallest absolute Gasteiger partial charge is 0.405 e. The Labute approximate surface area is 215 Å². The SMILES string of the molecule is COc1ccc(C(=O)NC2(S)CCC(Nc3cccc4nc(C(F)F)cn34)CC2)c(NCC(F)(F)F)c1. The molecule has 0 bridgehead atoms. The molecule has 37 heavy (non-hydrogen) atoms. The number of thiol groups is 1. The molecule has 2 aromatic heterocycles. The van der Waals surface area contributed by atoms with Crippen molar-refractivity contribution in [3.63, 3.8) is 0 Å². The number of aromatic nitrogens is 2. The first-order chi connectivity index (χ1) is 17.5. The Morgan fingerprint density at radius 3 is 2.62 bits per heavy atom. The van der Waals surface area contributed by atoms with Crippen molar-refractivity contribution in [1.82, 2.24) is 14.7 Å². The number of carbonyl (C=O) groups excluding carboxylic acids is 1. The highest BCUT2D eigenvalue weighted by molar-refractivity contribution is 7.81. The fourth-order valence-corrected chi connectivity index (χ4v) is 4.65. The van der Waals surface area contributed by atoms with Gasteiger partial charge in [0, 0.05) is 18.3 Å². The molecule has 2 heterocycles. The Hall–Kier alpha value is -3.22. The minimum atomic E-state index is -4.46. The molecule has 13 heteroatoms. The highest BCUT2D eigenvalue weighted by Crippen LogP contribution is 2.34. The summed E-state index contributed by atoms with van der Waals surface area (Å²) in [5.41, 5.74) is 0.136. The summed E-state index contributed by atoms with van der Waals surface area (Å²) in [4.78, 5) is 16.1. The van der Waals surface area contributed by atoms with Crippen molar-refractivity contribution >= 4 is 35.7 Å². The Morgan fingerprint density at radius 2 is 1.97 bits per heavy atom. The van der Waals surface area contributed by atoms with Crippen molar-refractivity contribution in [3.8, 4) is 5.75 Å². The van der Waals surface area contributed by atoms with Gasteiger partial charge in [0.05, 0.1) is 23.2 Å². The van der Waals surface area contributed by atoms with Crippen LogP contribution in [0.3, 0.4) is 0 Å². The van der Waals surface area contributed by atoms with Crippen LogP contribution in [0.15, 0.2) is 42.6 Å². The number of hydrogen-bond acceptors (Lipinski definition) is 6. The van der Waals surface area contributed by atoms with E-state index in [9.17, 15) is 26.7 Å². The Balaban J connectivity index is 1.41. The number of carbonyl (C=O) groups is 1. The Bertz CT molecular complexity index is 1260. The average Bonchev–Trinajstić information content (AvgIpc) is 3.29. The third kappa shape index (κ3) is 6.56. The summed E-state index contributed by atoms with van der Waals surface area (Å²) in [7, 11) is 1.38. The summed E-state index contributed by atoms with van der Waals surface area (Å²) in [5.74, 6) is 0.370. The summed E-state index contributed by atoms with van der Waals surface area (Å²) in [6, 6.07) is 9.36. The maximum atomic E-state index is 13.1. The van der Waals surface area contributed by atoms with E-state index >= 15 is 0 Å². The molecule has 7 nitrogen and oxygen atoms in total. The topological polar surface area (TPSA) is 79.7 Å². The van der Waals surface area contributed by atoms with Crippen LogP contribution >= 0.6 is 12.6 Å². The fraction of sp³-hybridized carbons (Fsp3) is 0.417. The minimum absolute atomic E-state index is 0.00180. The van der Waals surface area contributed by atoms with Crippen LogP contribution in [0.25, 0.3) is 5.65 Å². The van der Waals surface area contributed by atoms with Gasteiger partial charge in [0.15, 0.2) is 0 Å². The second-order valence-corrected chi connectivity index (χ2v) is 9.75. The normalized spacial score (nSPS) is 20.2. The number of imidazole rings is 1. The molecule has 0 aliphatic heterocycles. The van der Waals surface area contributed by atoms with E-state index in [0.29, 0.717) is 42.9 Å². The number of rotatable bonds is 8. The van der Waals surface area contributed by atoms with E-state index < -0.39 is 29.9 Å². The lowest BCUT2D eigenvalue weighted by Gasteiger charge is -2.38. The lowest BCUT2D eigenvalue weighted by Crippen LogP contribution is -2.48. The maximum absolute atomic E-state index is 13.1. The second-order valence-electron chi connectivity index (χ2n) is 8.89. The predicted molar refractivity (Wildman–Crippen MR) is 133 cm³/mol. The van der Waals surface area contributed by atoms with Gasteiger partial charge in [-0.15, -0.1) is 0 Å². The van der Waals surface area contributed by atoms with Gasteiger partial charge in [-0.05, 0) is 49.9 Å². The van der Waals surface area contributed by atoms with Gasteiger partial charge in [0.1, 0.15) is 29.5 Å². The third-order valence-electron chi connectivity index (χ3n) is 6.20. The average molecular weight is 544 g/mol. The molecule has 0 saturated heterocycles. The van der Waals surface area contributed by atoms with Crippen LogP contribution < -0.4 is 20.7 Å². The van der Waals surface area contributed by atoms with Gasteiger partial charge in [-0.3, -0.25) is 9.20 Å². The summed E-state index contributed by atoms with van der Waals surface area (Å²) >= 11 is 4.68. The predicted octanol–water partition coefficient (Wildman–Crippen LogP) is 5.67. The number of hydrogen-bond donors (Lipinski definition) is 4. The lowest BCUT2D eigenvalue weighted by atomic mass is 9.90. The van der Waals surface area contributed by atoms with Gasteiger partial charge in [0.2, 0.25) is 0 Å². The molecule has 0 radical (unpaired) electrons. The van der Waals surface area contributed by atoms with Crippen molar-refractivity contribution in [2.24, 2.45) is 0 Å². The largest absolute Gasteiger partial charge is 0.497 e. The molecule has 1 saturated carbocycles. The number of amides is 1. The van der Waals surface area contributed by atoms with Gasteiger partial charge in [-0.25, -0.2) is 13.8 Å². The number of benzene rings is 1. The van der Waals surface area contributed by atoms with E-state index in [0.717, 1.165) is 0 Å². The molecule has 1 amide bonds. The van der Waals surface area contributed by atoms with Crippen LogP contribution in [0, 0.1) is 0 Å². The molecule has 3 N–H and O–H groups in total. The second kappa shape index (κ2) is 10.6. The van der Waals surface area contributed by atoms with Crippen molar-refractivity contribution in [1.29, 1.82) is 0 Å². The number of anilines is 2. The van der Waals surface area contributed by atoms with Gasteiger partial charge >= 0.3 is 6.18 Å². The molecular formula is C24H26F5N5O2S. The summed E-state index contributed by atoms with van der Waals surface area (Å²) < 4.78 is 71.0. The molecule has 3 aromatic rings. The number of nitrogens with zero attached hydrogens (tertiary/aromatic N) is 2. The molecule has 4 rings (SSSR count). The van der Waals surface area contributed by atoms with E-state index in [2.05, 4.69) is 33.6 Å². The number of methoxy groups -OCH3 is 1. The zero-order chi connectivity index (χ0) is 26.8. The van der Waals surface area contributed by atoms with Crippen LogP contribution in [0.4, 0.5) is 33.5 Å². The van der Waals surface area contributed by atoms with Crippen molar-refractivity contribution < 1.29 is 31.5 Å². The zero-order valence-electron chi connectivity index (χ0n) is 19.8. The van der Waals surface area contributed by atoms with Crippen LogP contribution in [0.2, 0.25) is 0 Å². The van der Waals surface area contributed by atoms with Crippen LogP contribution in [-0.4, -0.2) is 46.0 Å². The monoisotopic (exact) mass is 543 g/mol. The molecular weight excluding hydrogens is 517 g/mol. The number of alkyl halides is 5. The number of halogens is 5. The van der Waals surface area contributed by atoms with E-state index in [-0.39, 0.29) is 23.0 Å². The molecule has 1 aromatic carbocycles. The Morgan fingerprint density at radius 1 is 1.24 bits per heavy atom. The first kappa shape index (κ1) is 26.8. The van der Waals surface area contributed by atoms with Crippen molar-refractivity contribution in [3.05, 3.63) is 53.9 Å². The van der Waals surface area contributed by atoms with Gasteiger partial charge < -0.3 is 20.7 Å². The highest BCUT2D eigenvalue weighted by atomic mass is 32.1. The number of pyridine rings is 1. The van der Waals surface area contributed by atoms with Crippen LogP contribution in [-0.2, 0) is 0 Å². The zero-order valence-corrected chi connectivity index (χ0v) is 20.7. The molecule has 1 aliphatic rings. The van der Waals surface area contributed by atoms with E-state index in [1.807, 2.05) is 0 Å². The molecule has 1 aliphatic carbocycles. The number of nitrogens with one attached hydrogen (secondary N) is 3. The fourth-order valence-electron chi connectivity index (χ4n) is 4.29. The molecule has 200 valence electrons. The summed E-state index contributed by atoms with van der Waals surface area (Å²) in [6.45, 7) is -1.30. The van der Waals surface area contributed by atoms with Crippen molar-refractivity contribution in [2.75, 3.05) is 24.3 Å². The third-order valence-corrected chi connectivity index (χ3v) is 6.75. The number of fused-ring (bicyclic) bond motifs is 1. The number of ether oxygens (including phenoxy) is 1. The molecule has 0 spiro atoms. The Kier molecular flexibility index (Phi) is 7.72. The quantitative estimate of drug-likeness (QED) is 0.167. The summed E-state index contributed by atoms with van der Waals surface area (Å²) in [5, 5.41) is 8.47. The van der Waals surface area contributed by atoms with Gasteiger partial charge in [-0.1, -0.05) is 6.07 Å². The van der Waals surface area contributed by atoms with E-state index in [4.69, 9.17) is 4.74 Å². The van der Waals surface area contributed by atoms with E-state index in [1.54, 1.807) is 22.6 Å². The maximum Gasteiger partial charge on any atom is 0.405 e. The van der Waals surface area contributed by atoms with Crippen LogP contribution in [0.1, 0.15) is 48.2 Å². The molecule has 0 atom stereocenters. The van der Waals surface area contributed by atoms with Crippen molar-refractivity contribution in [2.45, 2.75) is 49.2 Å². The van der Waals surface area contributed by atoms with Gasteiger partial charge in [-0.2, -0.15) is 25.8 Å². The lowest BCUT2D eigenvalue weighted by molar-refractivity contribution is -0.115. The summed E-state index contributed by atoms with van der Waals surface area (Å²) in [6.07, 6.45) is -3.67. The highest BCUT2D eigenvalue weighted by Gasteiger charge is 2.35. The first-order valence-corrected chi connectivity index (χ1v) is 12.0.